The van der Waals surface area contributed by atoms with E-state index in [1.165, 1.54) is 0 Å². The molecule has 0 unspecified atom stereocenters. The highest BCUT2D eigenvalue weighted by atomic mass is 79.9. The average molecular weight is 195 g/mol. The van der Waals surface area contributed by atoms with Gasteiger partial charge in [0.2, 0.25) is 0 Å². The fourth-order valence-corrected chi connectivity index (χ4v) is 0.473. The van der Waals surface area contributed by atoms with Crippen molar-refractivity contribution in [2.24, 2.45) is 5.10 Å². The highest BCUT2D eigenvalue weighted by Gasteiger charge is 2.00. The third-order valence-electron chi connectivity index (χ3n) is 0.526. The van der Waals surface area contributed by atoms with Crippen molar-refractivity contribution in [3.8, 4) is 0 Å². The molecule has 0 saturated carbocycles. The van der Waals surface area contributed by atoms with Gasteiger partial charge in [-0.1, -0.05) is 15.9 Å². The summed E-state index contributed by atoms with van der Waals surface area (Å²) < 4.78 is 0.338. The average Bonchev–Trinajstić information content (AvgIpc) is 1.62. The van der Waals surface area contributed by atoms with Crippen LogP contribution >= 0.6 is 15.9 Å². The second-order valence-corrected chi connectivity index (χ2v) is 3.13. The Morgan fingerprint density at radius 3 is 2.11 bits per heavy atom. The molecule has 0 aliphatic heterocycles. The molecule has 0 aliphatic rings. The molecule has 0 aromatic rings. The van der Waals surface area contributed by atoms with Crippen LogP contribution in [0.2, 0.25) is 0 Å². The predicted molar refractivity (Wildman–Crippen MR) is 39.3 cm³/mol. The summed E-state index contributed by atoms with van der Waals surface area (Å²) in [6, 6.07) is 0. The Bertz CT molecular complexity index is 117. The fraction of sp³-hybridized carbons (Fsp3) is 0.800. The molecule has 0 rings (SSSR count). The Labute approximate surface area is 63.7 Å². The molecule has 0 amide bonds. The third-order valence-corrected chi connectivity index (χ3v) is 1.01. The van der Waals surface area contributed by atoms with E-state index in [1.54, 1.807) is 0 Å². The van der Waals surface area contributed by atoms with Gasteiger partial charge in [-0.3, -0.25) is 0 Å². The summed E-state index contributed by atoms with van der Waals surface area (Å²) in [4.78, 5) is 0. The van der Waals surface area contributed by atoms with Crippen LogP contribution < -0.4 is 5.11 Å². The van der Waals surface area contributed by atoms with Crippen LogP contribution in [0.1, 0.15) is 0 Å². The summed E-state index contributed by atoms with van der Waals surface area (Å²) in [6.45, 7) is 0. The van der Waals surface area contributed by atoms with E-state index in [2.05, 4.69) is 21.0 Å². The summed E-state index contributed by atoms with van der Waals surface area (Å²) in [7, 11) is 5.50. The van der Waals surface area contributed by atoms with Crippen molar-refractivity contribution in [3.63, 3.8) is 0 Å². The van der Waals surface area contributed by atoms with E-state index in [0.717, 1.165) is 0 Å². The van der Waals surface area contributed by atoms with Gasteiger partial charge in [-0.2, -0.15) is 0 Å². The van der Waals surface area contributed by atoms with E-state index >= 15 is 0 Å². The number of hydrogen-bond acceptors (Lipinski definition) is 2. The lowest BCUT2D eigenvalue weighted by Crippen LogP contribution is -2.33. The molecule has 0 N–H and O–H groups in total. The Hall–Kier alpha value is -0.0900. The Morgan fingerprint density at radius 2 is 2.00 bits per heavy atom. The lowest BCUT2D eigenvalue weighted by Gasteiger charge is -2.18. The second-order valence-electron chi connectivity index (χ2n) is 2.57. The maximum Gasteiger partial charge on any atom is 0.0923 e. The van der Waals surface area contributed by atoms with Crippen molar-refractivity contribution in [3.05, 3.63) is 0 Å². The van der Waals surface area contributed by atoms with Crippen molar-refractivity contribution in [1.82, 2.24) is 0 Å². The van der Waals surface area contributed by atoms with Crippen molar-refractivity contribution in [1.29, 1.82) is 0 Å². The minimum absolute atomic E-state index is 0.123. The first-order valence-electron chi connectivity index (χ1n) is 2.59. The first-order chi connectivity index (χ1) is 3.95. The third kappa shape index (κ3) is 5.79. The normalized spacial score (nSPS) is 14.0. The predicted octanol–water partition coefficient (Wildman–Crippen LogP) is -0.239. The van der Waals surface area contributed by atoms with Gasteiger partial charge in [-0.25, -0.2) is 4.59 Å². The van der Waals surface area contributed by atoms with E-state index in [-0.39, 0.29) is 5.90 Å². The van der Waals surface area contributed by atoms with E-state index in [0.29, 0.717) is 9.92 Å². The zero-order valence-corrected chi connectivity index (χ0v) is 7.47. The quantitative estimate of drug-likeness (QED) is 0.197. The van der Waals surface area contributed by atoms with Gasteiger partial charge in [0.1, 0.15) is 0 Å². The highest BCUT2D eigenvalue weighted by Crippen LogP contribution is 1.91. The van der Waals surface area contributed by atoms with Gasteiger partial charge in [0.25, 0.3) is 0 Å². The fourth-order valence-electron chi connectivity index (χ4n) is 0.361. The number of rotatable bonds is 2. The summed E-state index contributed by atoms with van der Waals surface area (Å²) in [5.41, 5.74) is 0. The highest BCUT2D eigenvalue weighted by molar-refractivity contribution is 9.09. The molecule has 0 atom stereocenters. The molecule has 9 heavy (non-hydrogen) atoms. The van der Waals surface area contributed by atoms with Gasteiger partial charge in [0, 0.05) is 11.2 Å². The monoisotopic (exact) mass is 194 g/mol. The maximum absolute atomic E-state index is 10.6. The Morgan fingerprint density at radius 1 is 1.56 bits per heavy atom. The van der Waals surface area contributed by atoms with Gasteiger partial charge in [0.15, 0.2) is 0 Å². The van der Waals surface area contributed by atoms with Crippen molar-refractivity contribution in [2.45, 2.75) is 0 Å². The van der Waals surface area contributed by atoms with E-state index in [9.17, 15) is 5.11 Å². The van der Waals surface area contributed by atoms with Crippen LogP contribution in [0, 0.1) is 0 Å². The summed E-state index contributed by atoms with van der Waals surface area (Å²) >= 11 is 3.01. The smallest absolute Gasteiger partial charge is 0.0923 e. The molecule has 0 aromatic carbocycles. The van der Waals surface area contributed by atoms with Crippen molar-refractivity contribution in [2.75, 3.05) is 26.5 Å². The van der Waals surface area contributed by atoms with Gasteiger partial charge < -0.3 is 5.11 Å². The molecule has 54 valence electrons. The summed E-state index contributed by atoms with van der Waals surface area (Å²) in [5.74, 6) is -0.123. The zero-order chi connectivity index (χ0) is 7.49. The van der Waals surface area contributed by atoms with Crippen LogP contribution in [-0.2, 0) is 0 Å². The zero-order valence-electron chi connectivity index (χ0n) is 5.89. The lowest BCUT2D eigenvalue weighted by molar-refractivity contribution is -0.878. The van der Waals surface area contributed by atoms with Crippen LogP contribution in [0.15, 0.2) is 5.10 Å². The Kier molecular flexibility index (Phi) is 3.14. The minimum Gasteiger partial charge on any atom is -0.858 e. The molecule has 0 aliphatic carbocycles. The second kappa shape index (κ2) is 3.17. The van der Waals surface area contributed by atoms with Crippen molar-refractivity contribution >= 4 is 21.8 Å². The number of hydrogen-bond donors (Lipinski definition) is 0. The molecule has 3 nitrogen and oxygen atoms in total. The van der Waals surface area contributed by atoms with Gasteiger partial charge in [-0.05, 0) is 0 Å². The molecule has 4 heteroatoms. The number of alkyl halides is 1. The number of nitrogens with zero attached hydrogens (tertiary/aromatic N) is 2. The van der Waals surface area contributed by atoms with Crippen LogP contribution in [0.25, 0.3) is 0 Å². The molecular weight excluding hydrogens is 184 g/mol. The maximum atomic E-state index is 10.6. The van der Waals surface area contributed by atoms with E-state index in [4.69, 9.17) is 0 Å². The molecule has 0 bridgehead atoms. The molecular formula is C5H11BrN2O. The molecule has 0 spiro atoms. The topological polar surface area (TPSA) is 35.4 Å². The largest absolute Gasteiger partial charge is 0.858 e. The first kappa shape index (κ1) is 8.91. The van der Waals surface area contributed by atoms with E-state index in [1.807, 2.05) is 21.1 Å². The molecule has 0 aromatic heterocycles. The molecule has 0 heterocycles. The number of quaternary nitrogens is 1. The van der Waals surface area contributed by atoms with Crippen LogP contribution in [0.5, 0.6) is 0 Å². The standard InChI is InChI=1S/C5H11BrN2O/c1-8(2,3)7-5(9)4-6/h4H2,1-3H3. The van der Waals surface area contributed by atoms with Gasteiger partial charge in [0.05, 0.1) is 21.1 Å². The SMILES string of the molecule is C[N+](C)(C)/N=C(\[O-])CBr. The summed E-state index contributed by atoms with van der Waals surface area (Å²) in [5, 5.41) is 14.7. The van der Waals surface area contributed by atoms with Crippen molar-refractivity contribution < 1.29 is 9.70 Å². The molecule has 0 saturated heterocycles. The Balaban J connectivity index is 3.95. The molecule has 0 fully saturated rings. The van der Waals surface area contributed by atoms with Gasteiger partial charge in [-0.15, -0.1) is 5.10 Å². The van der Waals surface area contributed by atoms with Crippen LogP contribution in [0.3, 0.4) is 0 Å². The van der Waals surface area contributed by atoms with Gasteiger partial charge >= 0.3 is 0 Å². The van der Waals surface area contributed by atoms with Crippen LogP contribution in [-0.4, -0.2) is 37.0 Å². The van der Waals surface area contributed by atoms with Crippen LogP contribution in [0.4, 0.5) is 0 Å². The number of halogens is 1. The molecule has 0 radical (unpaired) electrons. The first-order valence-corrected chi connectivity index (χ1v) is 3.71. The lowest BCUT2D eigenvalue weighted by atomic mass is 10.8. The van der Waals surface area contributed by atoms with E-state index < -0.39 is 0 Å². The summed E-state index contributed by atoms with van der Waals surface area (Å²) in [6.07, 6.45) is 0. The minimum atomic E-state index is -0.123.